The zero-order valence-corrected chi connectivity index (χ0v) is 9.89. The van der Waals surface area contributed by atoms with Gasteiger partial charge in [0, 0.05) is 18.8 Å². The zero-order chi connectivity index (χ0) is 11.2. The average molecular weight is 213 g/mol. The van der Waals surface area contributed by atoms with E-state index in [9.17, 15) is 0 Å². The molecule has 0 radical (unpaired) electrons. The van der Waals surface area contributed by atoms with Gasteiger partial charge in [-0.1, -0.05) is 42.0 Å². The summed E-state index contributed by atoms with van der Waals surface area (Å²) in [4.78, 5) is 2.45. The van der Waals surface area contributed by atoms with Crippen LogP contribution in [0.4, 0.5) is 5.69 Å². The molecule has 1 heteroatoms. The molecule has 1 nitrogen and oxygen atoms in total. The van der Waals surface area contributed by atoms with Gasteiger partial charge in [0.05, 0.1) is 0 Å². The Morgan fingerprint density at radius 1 is 0.812 bits per heavy atom. The second-order valence-corrected chi connectivity index (χ2v) is 4.30. The quantitative estimate of drug-likeness (QED) is 0.687. The Morgan fingerprint density at radius 2 is 1.44 bits per heavy atom. The Hall–Kier alpha value is -1.50. The van der Waals surface area contributed by atoms with Crippen LogP contribution in [0.3, 0.4) is 0 Å². The first kappa shape index (κ1) is 11.0. The monoisotopic (exact) mass is 213 g/mol. The molecule has 0 aliphatic carbocycles. The van der Waals surface area contributed by atoms with Crippen LogP contribution in [0.5, 0.6) is 0 Å². The molecule has 1 aromatic carbocycles. The Labute approximate surface area is 98.1 Å². The normalized spacial score (nSPS) is 14.7. The predicted octanol–water partition coefficient (Wildman–Crippen LogP) is 3.72. The van der Waals surface area contributed by atoms with Crippen molar-refractivity contribution in [3.05, 3.63) is 54.1 Å². The van der Waals surface area contributed by atoms with Crippen LogP contribution in [0.1, 0.15) is 18.4 Å². The molecule has 0 unspecified atom stereocenters. The van der Waals surface area contributed by atoms with Crippen molar-refractivity contribution in [2.45, 2.75) is 19.8 Å². The minimum Gasteiger partial charge on any atom is -0.372 e. The van der Waals surface area contributed by atoms with Crippen LogP contribution in [0.25, 0.3) is 0 Å². The van der Waals surface area contributed by atoms with Gasteiger partial charge in [-0.3, -0.25) is 0 Å². The fraction of sp³-hybridized carbons (Fsp3) is 0.333. The van der Waals surface area contributed by atoms with Crippen molar-refractivity contribution in [2.75, 3.05) is 18.0 Å². The Morgan fingerprint density at radius 3 is 2.25 bits per heavy atom. The number of hydrogen-bond acceptors (Lipinski definition) is 1. The highest BCUT2D eigenvalue weighted by molar-refractivity contribution is 5.45. The first-order valence-corrected chi connectivity index (χ1v) is 6.01. The molecule has 16 heavy (non-hydrogen) atoms. The lowest BCUT2D eigenvalue weighted by Gasteiger charge is -2.16. The molecule has 1 saturated heterocycles. The first-order chi connectivity index (χ1) is 7.86. The SMILES string of the molecule is Cc1cccccc(N2CCCC2)ccc1. The molecule has 1 aromatic rings. The summed E-state index contributed by atoms with van der Waals surface area (Å²) in [7, 11) is 0. The number of anilines is 1. The first-order valence-electron chi connectivity index (χ1n) is 6.01. The molecule has 0 bridgehead atoms. The third kappa shape index (κ3) is 2.99. The number of hydrogen-bond donors (Lipinski definition) is 0. The van der Waals surface area contributed by atoms with Crippen molar-refractivity contribution in [1.29, 1.82) is 0 Å². The molecule has 2 rings (SSSR count). The van der Waals surface area contributed by atoms with Crippen molar-refractivity contribution in [3.63, 3.8) is 0 Å². The summed E-state index contributed by atoms with van der Waals surface area (Å²) in [5.41, 5.74) is 2.61. The van der Waals surface area contributed by atoms with Crippen LogP contribution in [0, 0.1) is 6.92 Å². The summed E-state index contributed by atoms with van der Waals surface area (Å²) >= 11 is 0. The van der Waals surface area contributed by atoms with Gasteiger partial charge in [0.25, 0.3) is 0 Å². The lowest BCUT2D eigenvalue weighted by Crippen LogP contribution is -2.16. The maximum atomic E-state index is 2.45. The maximum Gasteiger partial charge on any atom is 0.0366 e. The smallest absolute Gasteiger partial charge is 0.0366 e. The highest BCUT2D eigenvalue weighted by atomic mass is 15.1. The topological polar surface area (TPSA) is 3.24 Å². The van der Waals surface area contributed by atoms with E-state index in [1.807, 2.05) is 0 Å². The van der Waals surface area contributed by atoms with Crippen molar-refractivity contribution in [3.8, 4) is 0 Å². The summed E-state index contributed by atoms with van der Waals surface area (Å²) in [5, 5.41) is 0. The molecular formula is C15H19N. The van der Waals surface area contributed by atoms with Crippen LogP contribution in [-0.4, -0.2) is 13.1 Å². The molecule has 84 valence electrons. The van der Waals surface area contributed by atoms with Gasteiger partial charge in [-0.05, 0) is 31.9 Å². The summed E-state index contributed by atoms with van der Waals surface area (Å²) in [6.45, 7) is 4.51. The van der Waals surface area contributed by atoms with Gasteiger partial charge in [-0.25, -0.2) is 0 Å². The van der Waals surface area contributed by atoms with Crippen LogP contribution >= 0.6 is 0 Å². The number of rotatable bonds is 1. The number of nitrogens with zero attached hydrogens (tertiary/aromatic N) is 1. The van der Waals surface area contributed by atoms with E-state index in [2.05, 4.69) is 60.4 Å². The molecule has 1 aliphatic rings. The molecule has 0 saturated carbocycles. The van der Waals surface area contributed by atoms with E-state index in [1.165, 1.54) is 37.2 Å². The van der Waals surface area contributed by atoms with Crippen molar-refractivity contribution in [2.24, 2.45) is 0 Å². The van der Waals surface area contributed by atoms with E-state index in [1.54, 1.807) is 0 Å². The van der Waals surface area contributed by atoms with Crippen molar-refractivity contribution >= 4 is 5.69 Å². The largest absolute Gasteiger partial charge is 0.372 e. The summed E-state index contributed by atoms with van der Waals surface area (Å²) < 4.78 is 0. The van der Waals surface area contributed by atoms with E-state index >= 15 is 0 Å². The Kier molecular flexibility index (Phi) is 3.81. The summed E-state index contributed by atoms with van der Waals surface area (Å²) in [6.07, 6.45) is 2.65. The van der Waals surface area contributed by atoms with E-state index in [0.29, 0.717) is 0 Å². The molecule has 0 spiro atoms. The third-order valence-corrected chi connectivity index (χ3v) is 2.95. The predicted molar refractivity (Wildman–Crippen MR) is 70.3 cm³/mol. The second kappa shape index (κ2) is 5.55. The molecule has 1 heterocycles. The lowest BCUT2D eigenvalue weighted by atomic mass is 10.2. The Balaban J connectivity index is 2.34. The summed E-state index contributed by atoms with van der Waals surface area (Å²) in [6, 6.07) is 17.1. The molecule has 1 aliphatic heterocycles. The second-order valence-electron chi connectivity index (χ2n) is 4.30. The minimum atomic E-state index is 1.20. The maximum absolute atomic E-state index is 2.45. The van der Waals surface area contributed by atoms with Gasteiger partial charge in [0.1, 0.15) is 0 Å². The average Bonchev–Trinajstić information content (AvgIpc) is 2.80. The fourth-order valence-electron chi connectivity index (χ4n) is 2.02. The highest BCUT2D eigenvalue weighted by Gasteiger charge is 2.10. The molecule has 0 atom stereocenters. The van der Waals surface area contributed by atoms with Crippen LogP contribution < -0.4 is 4.90 Å². The Bertz CT molecular complexity index is 390. The molecule has 1 fully saturated rings. The highest BCUT2D eigenvalue weighted by Crippen LogP contribution is 2.17. The molecular weight excluding hydrogens is 194 g/mol. The van der Waals surface area contributed by atoms with Crippen LogP contribution in [0.2, 0.25) is 0 Å². The molecule has 0 aromatic heterocycles. The minimum absolute atomic E-state index is 1.20. The van der Waals surface area contributed by atoms with Gasteiger partial charge in [-0.15, -0.1) is 0 Å². The van der Waals surface area contributed by atoms with Gasteiger partial charge in [0.2, 0.25) is 0 Å². The molecule has 0 N–H and O–H groups in total. The van der Waals surface area contributed by atoms with Crippen molar-refractivity contribution in [1.82, 2.24) is 0 Å². The van der Waals surface area contributed by atoms with Crippen molar-refractivity contribution < 1.29 is 0 Å². The van der Waals surface area contributed by atoms with Gasteiger partial charge in [0.15, 0.2) is 0 Å². The van der Waals surface area contributed by atoms with Gasteiger partial charge >= 0.3 is 0 Å². The van der Waals surface area contributed by atoms with Gasteiger partial charge in [-0.2, -0.15) is 0 Å². The van der Waals surface area contributed by atoms with Crippen LogP contribution in [0.15, 0.2) is 48.5 Å². The van der Waals surface area contributed by atoms with E-state index < -0.39 is 0 Å². The van der Waals surface area contributed by atoms with E-state index in [0.717, 1.165) is 0 Å². The summed E-state index contributed by atoms with van der Waals surface area (Å²) in [5.74, 6) is 0. The third-order valence-electron chi connectivity index (χ3n) is 2.95. The lowest BCUT2D eigenvalue weighted by molar-refractivity contribution is 0.949. The van der Waals surface area contributed by atoms with E-state index in [4.69, 9.17) is 0 Å². The zero-order valence-electron chi connectivity index (χ0n) is 9.89. The molecule has 0 amide bonds. The van der Waals surface area contributed by atoms with Gasteiger partial charge < -0.3 is 4.90 Å². The fourth-order valence-corrected chi connectivity index (χ4v) is 2.02. The van der Waals surface area contributed by atoms with Crippen LogP contribution in [-0.2, 0) is 0 Å². The van der Waals surface area contributed by atoms with E-state index in [-0.39, 0.29) is 0 Å². The number of aryl methyl sites for hydroxylation is 1. The standard InChI is InChI=1S/C15H19N/c1-14-8-3-2-4-10-15(11-7-9-14)16-12-5-6-13-16/h2-4,7-11H,5-6,12-13H2,1H3.